The first kappa shape index (κ1) is 17.6. The minimum atomic E-state index is 0.627. The van der Waals surface area contributed by atoms with Gasteiger partial charge < -0.3 is 14.6 Å². The van der Waals surface area contributed by atoms with Gasteiger partial charge in [-0.05, 0) is 49.8 Å². The van der Waals surface area contributed by atoms with Crippen LogP contribution in [-0.2, 0) is 13.0 Å². The molecule has 2 aromatic heterocycles. The Labute approximate surface area is 160 Å². The van der Waals surface area contributed by atoms with Crippen molar-refractivity contribution in [1.82, 2.24) is 9.97 Å². The van der Waals surface area contributed by atoms with Gasteiger partial charge >= 0.3 is 0 Å². The van der Waals surface area contributed by atoms with Crippen molar-refractivity contribution in [2.45, 2.75) is 32.7 Å². The van der Waals surface area contributed by atoms with Crippen LogP contribution in [0.15, 0.2) is 59.2 Å². The van der Waals surface area contributed by atoms with E-state index in [-0.39, 0.29) is 0 Å². The maximum atomic E-state index is 5.38. The molecule has 1 fully saturated rings. The van der Waals surface area contributed by atoms with Crippen molar-refractivity contribution in [2.24, 2.45) is 5.92 Å². The van der Waals surface area contributed by atoms with Crippen LogP contribution in [0.25, 0.3) is 0 Å². The largest absolute Gasteiger partial charge is 0.467 e. The molecule has 3 aromatic rings. The van der Waals surface area contributed by atoms with Crippen LogP contribution in [0.1, 0.15) is 30.0 Å². The lowest BCUT2D eigenvalue weighted by Crippen LogP contribution is -2.35. The average molecular weight is 362 g/mol. The molecule has 140 valence electrons. The second-order valence-electron chi connectivity index (χ2n) is 7.21. The van der Waals surface area contributed by atoms with Crippen molar-refractivity contribution in [2.75, 3.05) is 23.3 Å². The molecular weight excluding hydrogens is 336 g/mol. The SMILES string of the molecule is Cc1nc(NCc2ccco2)cc(N2CCC(Cc3ccccc3)CC2)n1. The molecule has 0 amide bonds. The van der Waals surface area contributed by atoms with Crippen molar-refractivity contribution in [3.63, 3.8) is 0 Å². The van der Waals surface area contributed by atoms with E-state index in [1.807, 2.05) is 25.1 Å². The Bertz CT molecular complexity index is 840. The highest BCUT2D eigenvalue weighted by Crippen LogP contribution is 2.26. The highest BCUT2D eigenvalue weighted by molar-refractivity contribution is 5.49. The van der Waals surface area contributed by atoms with E-state index in [1.54, 1.807) is 6.26 Å². The van der Waals surface area contributed by atoms with Gasteiger partial charge in [-0.3, -0.25) is 0 Å². The number of aromatic nitrogens is 2. The molecule has 1 aromatic carbocycles. The van der Waals surface area contributed by atoms with E-state index in [9.17, 15) is 0 Å². The second-order valence-corrected chi connectivity index (χ2v) is 7.21. The first-order valence-electron chi connectivity index (χ1n) is 9.67. The van der Waals surface area contributed by atoms with Gasteiger partial charge in [-0.2, -0.15) is 0 Å². The smallest absolute Gasteiger partial charge is 0.134 e. The predicted octanol–water partition coefficient (Wildman–Crippen LogP) is 4.45. The molecule has 1 N–H and O–H groups in total. The van der Waals surface area contributed by atoms with Crippen LogP contribution in [0.5, 0.6) is 0 Å². The minimum absolute atomic E-state index is 0.627. The van der Waals surface area contributed by atoms with Crippen LogP contribution in [0.2, 0.25) is 0 Å². The molecule has 0 bridgehead atoms. The molecule has 0 aliphatic carbocycles. The fourth-order valence-electron chi connectivity index (χ4n) is 3.71. The number of anilines is 2. The molecule has 5 nitrogen and oxygen atoms in total. The third kappa shape index (κ3) is 4.67. The van der Waals surface area contributed by atoms with Gasteiger partial charge in [0.15, 0.2) is 0 Å². The molecule has 0 spiro atoms. The lowest BCUT2D eigenvalue weighted by molar-refractivity contribution is 0.402. The number of furan rings is 1. The van der Waals surface area contributed by atoms with Crippen molar-refractivity contribution in [3.05, 3.63) is 71.9 Å². The highest BCUT2D eigenvalue weighted by atomic mass is 16.3. The standard InChI is InChI=1S/C22H26N4O/c1-17-24-21(23-16-20-8-5-13-27-20)15-22(25-17)26-11-9-19(10-12-26)14-18-6-3-2-4-7-18/h2-8,13,15,19H,9-12,14,16H2,1H3,(H,23,24,25). The monoisotopic (exact) mass is 362 g/mol. The summed E-state index contributed by atoms with van der Waals surface area (Å²) in [7, 11) is 0. The summed E-state index contributed by atoms with van der Waals surface area (Å²) in [6, 6.07) is 16.7. The number of benzene rings is 1. The fraction of sp³-hybridized carbons (Fsp3) is 0.364. The van der Waals surface area contributed by atoms with Gasteiger partial charge in [0.05, 0.1) is 12.8 Å². The summed E-state index contributed by atoms with van der Waals surface area (Å²) in [6.07, 6.45) is 5.26. The molecule has 1 saturated heterocycles. The normalized spacial score (nSPS) is 15.1. The number of nitrogens with zero attached hydrogens (tertiary/aromatic N) is 3. The van der Waals surface area contributed by atoms with E-state index in [1.165, 1.54) is 24.8 Å². The summed E-state index contributed by atoms with van der Waals surface area (Å²) >= 11 is 0. The molecule has 27 heavy (non-hydrogen) atoms. The molecule has 5 heteroatoms. The Morgan fingerprint density at radius 2 is 1.89 bits per heavy atom. The Balaban J connectivity index is 1.36. The lowest BCUT2D eigenvalue weighted by atomic mass is 9.90. The van der Waals surface area contributed by atoms with Gasteiger partial charge in [0, 0.05) is 19.2 Å². The molecular formula is C22H26N4O. The topological polar surface area (TPSA) is 54.2 Å². The average Bonchev–Trinajstić information content (AvgIpc) is 3.21. The highest BCUT2D eigenvalue weighted by Gasteiger charge is 2.21. The molecule has 1 aliphatic heterocycles. The fourth-order valence-corrected chi connectivity index (χ4v) is 3.71. The zero-order valence-corrected chi connectivity index (χ0v) is 15.8. The van der Waals surface area contributed by atoms with E-state index >= 15 is 0 Å². The number of hydrogen-bond donors (Lipinski definition) is 1. The first-order valence-corrected chi connectivity index (χ1v) is 9.67. The van der Waals surface area contributed by atoms with Crippen molar-refractivity contribution in [3.8, 4) is 0 Å². The Hall–Kier alpha value is -2.82. The summed E-state index contributed by atoms with van der Waals surface area (Å²) < 4.78 is 5.38. The van der Waals surface area contributed by atoms with Gasteiger partial charge in [0.2, 0.25) is 0 Å². The summed E-state index contributed by atoms with van der Waals surface area (Å²) in [5.41, 5.74) is 1.44. The van der Waals surface area contributed by atoms with E-state index in [2.05, 4.69) is 50.5 Å². The van der Waals surface area contributed by atoms with E-state index < -0.39 is 0 Å². The molecule has 1 aliphatic rings. The summed E-state index contributed by atoms with van der Waals surface area (Å²) in [6.45, 7) is 4.67. The number of rotatable bonds is 6. The number of hydrogen-bond acceptors (Lipinski definition) is 5. The van der Waals surface area contributed by atoms with Crippen LogP contribution in [-0.4, -0.2) is 23.1 Å². The van der Waals surface area contributed by atoms with Crippen molar-refractivity contribution >= 4 is 11.6 Å². The van der Waals surface area contributed by atoms with Crippen LogP contribution < -0.4 is 10.2 Å². The Morgan fingerprint density at radius 3 is 2.63 bits per heavy atom. The Kier molecular flexibility index (Phi) is 5.37. The van der Waals surface area contributed by atoms with Crippen LogP contribution in [0.4, 0.5) is 11.6 Å². The molecule has 0 radical (unpaired) electrons. The third-order valence-electron chi connectivity index (χ3n) is 5.15. The van der Waals surface area contributed by atoms with Gasteiger partial charge in [-0.15, -0.1) is 0 Å². The zero-order chi connectivity index (χ0) is 18.5. The molecule has 3 heterocycles. The molecule has 0 saturated carbocycles. The first-order chi connectivity index (χ1) is 13.3. The predicted molar refractivity (Wildman–Crippen MR) is 108 cm³/mol. The maximum Gasteiger partial charge on any atom is 0.134 e. The minimum Gasteiger partial charge on any atom is -0.467 e. The van der Waals surface area contributed by atoms with Gasteiger partial charge in [0.25, 0.3) is 0 Å². The van der Waals surface area contributed by atoms with Crippen LogP contribution in [0.3, 0.4) is 0 Å². The van der Waals surface area contributed by atoms with E-state index in [0.717, 1.165) is 42.2 Å². The molecule has 4 rings (SSSR count). The van der Waals surface area contributed by atoms with Gasteiger partial charge in [0.1, 0.15) is 23.2 Å². The summed E-state index contributed by atoms with van der Waals surface area (Å²) in [5.74, 6) is 4.31. The van der Waals surface area contributed by atoms with Crippen molar-refractivity contribution < 1.29 is 4.42 Å². The van der Waals surface area contributed by atoms with Crippen molar-refractivity contribution in [1.29, 1.82) is 0 Å². The van der Waals surface area contributed by atoms with Crippen LogP contribution >= 0.6 is 0 Å². The number of nitrogens with one attached hydrogen (secondary N) is 1. The molecule has 0 unspecified atom stereocenters. The zero-order valence-electron chi connectivity index (χ0n) is 15.8. The lowest BCUT2D eigenvalue weighted by Gasteiger charge is -2.33. The maximum absolute atomic E-state index is 5.38. The number of aryl methyl sites for hydroxylation is 1. The molecule has 0 atom stereocenters. The quantitative estimate of drug-likeness (QED) is 0.702. The van der Waals surface area contributed by atoms with Gasteiger partial charge in [-0.25, -0.2) is 9.97 Å². The summed E-state index contributed by atoms with van der Waals surface area (Å²) in [4.78, 5) is 11.6. The van der Waals surface area contributed by atoms with E-state index in [0.29, 0.717) is 6.54 Å². The van der Waals surface area contributed by atoms with Crippen LogP contribution in [0, 0.1) is 12.8 Å². The third-order valence-corrected chi connectivity index (χ3v) is 5.15. The Morgan fingerprint density at radius 1 is 1.07 bits per heavy atom. The van der Waals surface area contributed by atoms with Gasteiger partial charge in [-0.1, -0.05) is 30.3 Å². The van der Waals surface area contributed by atoms with E-state index in [4.69, 9.17) is 4.42 Å². The second kappa shape index (κ2) is 8.25. The number of piperidine rings is 1. The summed E-state index contributed by atoms with van der Waals surface area (Å²) in [5, 5.41) is 3.34.